The van der Waals surface area contributed by atoms with Crippen LogP contribution < -0.4 is 11.1 Å². The largest absolute Gasteiger partial charge is 0.433 e. The van der Waals surface area contributed by atoms with Crippen LogP contribution in [0, 0.1) is 5.92 Å². The highest BCUT2D eigenvalue weighted by atomic mass is 19.4. The lowest BCUT2D eigenvalue weighted by Crippen LogP contribution is -2.18. The summed E-state index contributed by atoms with van der Waals surface area (Å²) in [6.45, 7) is 0.485. The highest BCUT2D eigenvalue weighted by molar-refractivity contribution is 5.97. The van der Waals surface area contributed by atoms with Gasteiger partial charge in [-0.25, -0.2) is 4.98 Å². The van der Waals surface area contributed by atoms with Crippen LogP contribution in [0.25, 0.3) is 0 Å². The molecule has 4 nitrogen and oxygen atoms in total. The first kappa shape index (κ1) is 13.6. The molecule has 2 rings (SSSR count). The third-order valence-corrected chi connectivity index (χ3v) is 2.99. The van der Waals surface area contributed by atoms with Gasteiger partial charge in [-0.2, -0.15) is 13.2 Å². The number of nitrogens with two attached hydrogens (primary N) is 1. The molecule has 3 N–H and O–H groups in total. The average molecular weight is 273 g/mol. The molecule has 0 atom stereocenters. The summed E-state index contributed by atoms with van der Waals surface area (Å²) < 4.78 is 37.7. The van der Waals surface area contributed by atoms with Crippen molar-refractivity contribution in [3.8, 4) is 0 Å². The molecule has 0 aromatic carbocycles. The SMILES string of the molecule is NC(=O)c1ccc(C(F)(F)F)nc1NCCC1CC1. The van der Waals surface area contributed by atoms with Crippen molar-refractivity contribution in [2.24, 2.45) is 11.7 Å². The minimum atomic E-state index is -4.54. The maximum absolute atomic E-state index is 12.6. The summed E-state index contributed by atoms with van der Waals surface area (Å²) in [5.41, 5.74) is 4.06. The zero-order valence-corrected chi connectivity index (χ0v) is 10.1. The van der Waals surface area contributed by atoms with E-state index < -0.39 is 17.8 Å². The predicted molar refractivity (Wildman–Crippen MR) is 63.6 cm³/mol. The molecular formula is C12H14F3N3O. The molecule has 0 saturated heterocycles. The van der Waals surface area contributed by atoms with Crippen LogP contribution in [0.4, 0.5) is 19.0 Å². The lowest BCUT2D eigenvalue weighted by Gasteiger charge is -2.12. The monoisotopic (exact) mass is 273 g/mol. The fourth-order valence-corrected chi connectivity index (χ4v) is 1.75. The Balaban J connectivity index is 2.16. The van der Waals surface area contributed by atoms with Gasteiger partial charge in [0, 0.05) is 6.54 Å². The van der Waals surface area contributed by atoms with Crippen molar-refractivity contribution >= 4 is 11.7 Å². The zero-order chi connectivity index (χ0) is 14.0. The second-order valence-electron chi connectivity index (χ2n) is 4.61. The lowest BCUT2D eigenvalue weighted by molar-refractivity contribution is -0.141. The Hall–Kier alpha value is -1.79. The minimum Gasteiger partial charge on any atom is -0.369 e. The summed E-state index contributed by atoms with van der Waals surface area (Å²) in [7, 11) is 0. The molecule has 0 aliphatic heterocycles. The zero-order valence-electron chi connectivity index (χ0n) is 10.1. The number of primary amides is 1. The summed E-state index contributed by atoms with van der Waals surface area (Å²) in [5.74, 6) is -0.256. The van der Waals surface area contributed by atoms with E-state index in [0.717, 1.165) is 31.4 Å². The van der Waals surface area contributed by atoms with E-state index in [4.69, 9.17) is 5.73 Å². The molecule has 7 heteroatoms. The number of alkyl halides is 3. The van der Waals surface area contributed by atoms with E-state index in [-0.39, 0.29) is 11.4 Å². The number of nitrogens with zero attached hydrogens (tertiary/aromatic N) is 1. The molecule has 0 bridgehead atoms. The predicted octanol–water partition coefficient (Wildman–Crippen LogP) is 2.41. The van der Waals surface area contributed by atoms with Gasteiger partial charge in [0.2, 0.25) is 0 Å². The fraction of sp³-hybridized carbons (Fsp3) is 0.500. The lowest BCUT2D eigenvalue weighted by atomic mass is 10.2. The van der Waals surface area contributed by atoms with Crippen molar-refractivity contribution in [3.63, 3.8) is 0 Å². The Bertz CT molecular complexity index is 484. The van der Waals surface area contributed by atoms with Crippen molar-refractivity contribution in [2.45, 2.75) is 25.4 Å². The van der Waals surface area contributed by atoms with Crippen LogP contribution in [-0.4, -0.2) is 17.4 Å². The quantitative estimate of drug-likeness (QED) is 0.865. The van der Waals surface area contributed by atoms with Crippen LogP contribution in [0.1, 0.15) is 35.3 Å². The summed E-state index contributed by atoms with van der Waals surface area (Å²) in [6.07, 6.45) is -1.38. The molecule has 0 spiro atoms. The molecule has 1 saturated carbocycles. The van der Waals surface area contributed by atoms with Gasteiger partial charge in [0.15, 0.2) is 0 Å². The smallest absolute Gasteiger partial charge is 0.369 e. The fourth-order valence-electron chi connectivity index (χ4n) is 1.75. The molecular weight excluding hydrogens is 259 g/mol. The van der Waals surface area contributed by atoms with Crippen LogP contribution >= 0.6 is 0 Å². The molecule has 1 heterocycles. The number of halogens is 3. The van der Waals surface area contributed by atoms with E-state index in [1.807, 2.05) is 0 Å². The third kappa shape index (κ3) is 3.59. The van der Waals surface area contributed by atoms with Gasteiger partial charge in [-0.15, -0.1) is 0 Å². The van der Waals surface area contributed by atoms with Crippen molar-refractivity contribution in [1.82, 2.24) is 4.98 Å². The van der Waals surface area contributed by atoms with Crippen LogP contribution in [0.2, 0.25) is 0 Å². The summed E-state index contributed by atoms with van der Waals surface area (Å²) in [5, 5.41) is 2.77. The van der Waals surface area contributed by atoms with E-state index in [9.17, 15) is 18.0 Å². The van der Waals surface area contributed by atoms with Gasteiger partial charge in [-0.1, -0.05) is 12.8 Å². The second kappa shape index (κ2) is 5.07. The van der Waals surface area contributed by atoms with Gasteiger partial charge >= 0.3 is 6.18 Å². The molecule has 1 amide bonds. The number of anilines is 1. The maximum Gasteiger partial charge on any atom is 0.433 e. The van der Waals surface area contributed by atoms with Crippen molar-refractivity contribution in [2.75, 3.05) is 11.9 Å². The van der Waals surface area contributed by atoms with Gasteiger partial charge in [0.25, 0.3) is 5.91 Å². The Morgan fingerprint density at radius 3 is 2.63 bits per heavy atom. The molecule has 19 heavy (non-hydrogen) atoms. The normalized spacial score (nSPS) is 15.3. The van der Waals surface area contributed by atoms with Gasteiger partial charge in [0.1, 0.15) is 11.5 Å². The van der Waals surface area contributed by atoms with E-state index in [2.05, 4.69) is 10.3 Å². The van der Waals surface area contributed by atoms with Crippen molar-refractivity contribution in [1.29, 1.82) is 0 Å². The molecule has 1 aromatic rings. The first-order valence-electron chi connectivity index (χ1n) is 6.00. The Kier molecular flexibility index (Phi) is 3.64. The second-order valence-corrected chi connectivity index (χ2v) is 4.61. The number of carbonyl (C=O) groups excluding carboxylic acids is 1. The molecule has 1 fully saturated rings. The highest BCUT2D eigenvalue weighted by Gasteiger charge is 2.33. The number of amides is 1. The number of hydrogen-bond donors (Lipinski definition) is 2. The van der Waals surface area contributed by atoms with Crippen molar-refractivity contribution < 1.29 is 18.0 Å². The highest BCUT2D eigenvalue weighted by Crippen LogP contribution is 2.32. The van der Waals surface area contributed by atoms with Crippen molar-refractivity contribution in [3.05, 3.63) is 23.4 Å². The standard InChI is InChI=1S/C12H14F3N3O/c13-12(14,15)9-4-3-8(10(16)19)11(18-9)17-6-5-7-1-2-7/h3-4,7H,1-2,5-6H2,(H2,16,19)(H,17,18). The van der Waals surface area contributed by atoms with E-state index in [1.54, 1.807) is 0 Å². The Morgan fingerprint density at radius 2 is 2.11 bits per heavy atom. The molecule has 1 aliphatic rings. The van der Waals surface area contributed by atoms with Crippen LogP contribution in [0.15, 0.2) is 12.1 Å². The molecule has 1 aliphatic carbocycles. The number of hydrogen-bond acceptors (Lipinski definition) is 3. The summed E-state index contributed by atoms with van der Waals surface area (Å²) in [4.78, 5) is 14.6. The maximum atomic E-state index is 12.6. The molecule has 1 aromatic heterocycles. The average Bonchev–Trinajstić information content (AvgIpc) is 3.11. The third-order valence-electron chi connectivity index (χ3n) is 2.99. The van der Waals surface area contributed by atoms with E-state index in [0.29, 0.717) is 12.5 Å². The van der Waals surface area contributed by atoms with E-state index in [1.165, 1.54) is 0 Å². The Morgan fingerprint density at radius 1 is 1.42 bits per heavy atom. The topological polar surface area (TPSA) is 68.0 Å². The van der Waals surface area contributed by atoms with Gasteiger partial charge in [-0.3, -0.25) is 4.79 Å². The van der Waals surface area contributed by atoms with E-state index >= 15 is 0 Å². The van der Waals surface area contributed by atoms with Crippen LogP contribution in [0.5, 0.6) is 0 Å². The first-order chi connectivity index (χ1) is 8.88. The number of pyridine rings is 1. The molecule has 104 valence electrons. The summed E-state index contributed by atoms with van der Waals surface area (Å²) in [6, 6.07) is 1.81. The van der Waals surface area contributed by atoms with Gasteiger partial charge < -0.3 is 11.1 Å². The minimum absolute atomic E-state index is 0.0243. The molecule has 0 radical (unpaired) electrons. The molecule has 0 unspecified atom stereocenters. The van der Waals surface area contributed by atoms with Crippen LogP contribution in [0.3, 0.4) is 0 Å². The van der Waals surface area contributed by atoms with Crippen LogP contribution in [-0.2, 0) is 6.18 Å². The number of rotatable bonds is 5. The Labute approximate surface area is 108 Å². The summed E-state index contributed by atoms with van der Waals surface area (Å²) >= 11 is 0. The first-order valence-corrected chi connectivity index (χ1v) is 6.00. The number of aromatic nitrogens is 1. The van der Waals surface area contributed by atoms with Gasteiger partial charge in [0.05, 0.1) is 5.56 Å². The number of carbonyl (C=O) groups is 1. The van der Waals surface area contributed by atoms with Gasteiger partial charge in [-0.05, 0) is 24.5 Å². The number of nitrogens with one attached hydrogen (secondary N) is 1.